The largest absolute Gasteiger partial charge is 0.326 e. The summed E-state index contributed by atoms with van der Waals surface area (Å²) in [5, 5.41) is 17.2. The minimum atomic E-state index is -0.537. The van der Waals surface area contributed by atoms with Crippen molar-refractivity contribution in [3.8, 4) is 0 Å². The van der Waals surface area contributed by atoms with E-state index in [1.165, 1.54) is 17.8 Å². The quantitative estimate of drug-likeness (QED) is 0.499. The molecule has 0 spiro atoms. The number of benzene rings is 1. The molecule has 1 atom stereocenters. The second-order valence-corrected chi connectivity index (χ2v) is 5.20. The molecule has 1 heterocycles. The molecule has 2 rings (SSSR count). The minimum absolute atomic E-state index is 0.0449. The number of nitrogens with zero attached hydrogens (tertiary/aromatic N) is 3. The summed E-state index contributed by atoms with van der Waals surface area (Å²) < 4.78 is 1.36. The molecule has 1 unspecified atom stereocenters. The number of amides is 1. The van der Waals surface area contributed by atoms with E-state index >= 15 is 0 Å². The van der Waals surface area contributed by atoms with Crippen LogP contribution in [-0.2, 0) is 11.3 Å². The van der Waals surface area contributed by atoms with Crippen molar-refractivity contribution < 1.29 is 14.5 Å². The molecule has 0 saturated carbocycles. The van der Waals surface area contributed by atoms with Crippen molar-refractivity contribution >= 4 is 23.1 Å². The highest BCUT2D eigenvalue weighted by Crippen LogP contribution is 2.13. The smallest absolute Gasteiger partial charge is 0.306 e. The summed E-state index contributed by atoms with van der Waals surface area (Å²) in [6.45, 7) is 3.40. The molecular formula is C15H16N4O4. The summed E-state index contributed by atoms with van der Waals surface area (Å²) in [5.41, 5.74) is 1.04. The molecule has 1 amide bonds. The van der Waals surface area contributed by atoms with Crippen molar-refractivity contribution in [1.82, 2.24) is 9.78 Å². The van der Waals surface area contributed by atoms with Crippen LogP contribution in [-0.4, -0.2) is 26.4 Å². The Morgan fingerprint density at radius 2 is 2.00 bits per heavy atom. The molecule has 0 aliphatic rings. The normalized spacial score (nSPS) is 11.7. The van der Waals surface area contributed by atoms with Crippen LogP contribution in [0.5, 0.6) is 0 Å². The van der Waals surface area contributed by atoms with E-state index in [1.807, 2.05) is 0 Å². The average molecular weight is 316 g/mol. The van der Waals surface area contributed by atoms with Crippen molar-refractivity contribution in [3.05, 3.63) is 52.3 Å². The highest BCUT2D eigenvalue weighted by atomic mass is 16.6. The van der Waals surface area contributed by atoms with Crippen molar-refractivity contribution in [2.24, 2.45) is 5.92 Å². The Labute approximate surface area is 132 Å². The maximum atomic E-state index is 12.1. The van der Waals surface area contributed by atoms with Crippen LogP contribution in [0.4, 0.5) is 11.4 Å². The van der Waals surface area contributed by atoms with E-state index < -0.39 is 10.8 Å². The van der Waals surface area contributed by atoms with E-state index in [0.717, 1.165) is 6.20 Å². The first-order valence-corrected chi connectivity index (χ1v) is 6.95. The maximum absolute atomic E-state index is 12.1. The van der Waals surface area contributed by atoms with Crippen LogP contribution >= 0.6 is 0 Å². The van der Waals surface area contributed by atoms with E-state index in [2.05, 4.69) is 10.4 Å². The monoisotopic (exact) mass is 316 g/mol. The molecular weight excluding hydrogens is 300 g/mol. The van der Waals surface area contributed by atoms with Crippen LogP contribution in [0.1, 0.15) is 24.2 Å². The van der Waals surface area contributed by atoms with Crippen molar-refractivity contribution in [2.45, 2.75) is 20.4 Å². The molecule has 0 fully saturated rings. The third kappa shape index (κ3) is 4.22. The van der Waals surface area contributed by atoms with E-state index in [-0.39, 0.29) is 23.9 Å². The molecule has 2 aromatic rings. The van der Waals surface area contributed by atoms with Crippen LogP contribution < -0.4 is 5.32 Å². The van der Waals surface area contributed by atoms with Gasteiger partial charge in [0, 0.05) is 11.3 Å². The number of nitrogens with one attached hydrogen (secondary N) is 1. The molecule has 0 saturated heterocycles. The number of aromatic nitrogens is 2. The lowest BCUT2D eigenvalue weighted by molar-refractivity contribution is -0.385. The number of hydrogen-bond acceptors (Lipinski definition) is 5. The highest BCUT2D eigenvalue weighted by Gasteiger charge is 2.16. The van der Waals surface area contributed by atoms with Gasteiger partial charge >= 0.3 is 5.69 Å². The molecule has 1 N–H and O–H groups in total. The van der Waals surface area contributed by atoms with Gasteiger partial charge in [-0.1, -0.05) is 6.92 Å². The molecule has 0 bridgehead atoms. The number of anilines is 1. The predicted molar refractivity (Wildman–Crippen MR) is 83.1 cm³/mol. The Morgan fingerprint density at radius 3 is 2.52 bits per heavy atom. The lowest BCUT2D eigenvalue weighted by atomic mass is 10.1. The van der Waals surface area contributed by atoms with Gasteiger partial charge < -0.3 is 5.32 Å². The summed E-state index contributed by atoms with van der Waals surface area (Å²) in [6.07, 6.45) is 2.43. The zero-order valence-corrected chi connectivity index (χ0v) is 12.7. The van der Waals surface area contributed by atoms with Gasteiger partial charge in [-0.3, -0.25) is 24.4 Å². The Morgan fingerprint density at radius 1 is 1.35 bits per heavy atom. The molecule has 0 aliphatic carbocycles. The molecule has 0 aliphatic heterocycles. The van der Waals surface area contributed by atoms with Crippen LogP contribution in [0.2, 0.25) is 0 Å². The number of rotatable bonds is 6. The van der Waals surface area contributed by atoms with Crippen LogP contribution in [0, 0.1) is 16.0 Å². The fourth-order valence-corrected chi connectivity index (χ4v) is 1.96. The zero-order chi connectivity index (χ0) is 17.0. The standard InChI is InChI=1S/C15H16N4O4/c1-10(8-18-9-14(7-16-18)19(22)23)15(21)17-13-5-3-12(4-6-13)11(2)20/h3-7,9-10H,8H2,1-2H3,(H,17,21). The van der Waals surface area contributed by atoms with Gasteiger partial charge in [-0.2, -0.15) is 5.10 Å². The van der Waals surface area contributed by atoms with Gasteiger partial charge in [0.15, 0.2) is 5.78 Å². The Kier molecular flexibility index (Phi) is 4.85. The summed E-state index contributed by atoms with van der Waals surface area (Å²) in [7, 11) is 0. The van der Waals surface area contributed by atoms with Crippen LogP contribution in [0.25, 0.3) is 0 Å². The van der Waals surface area contributed by atoms with Gasteiger partial charge in [0.1, 0.15) is 12.4 Å². The van der Waals surface area contributed by atoms with Gasteiger partial charge in [0.25, 0.3) is 0 Å². The van der Waals surface area contributed by atoms with Crippen molar-refractivity contribution in [3.63, 3.8) is 0 Å². The fraction of sp³-hybridized carbons (Fsp3) is 0.267. The molecule has 0 radical (unpaired) electrons. The number of nitro groups is 1. The molecule has 1 aromatic heterocycles. The minimum Gasteiger partial charge on any atom is -0.326 e. The van der Waals surface area contributed by atoms with E-state index in [1.54, 1.807) is 31.2 Å². The molecule has 8 nitrogen and oxygen atoms in total. The van der Waals surface area contributed by atoms with Crippen LogP contribution in [0.3, 0.4) is 0 Å². The van der Waals surface area contributed by atoms with E-state index in [9.17, 15) is 19.7 Å². The van der Waals surface area contributed by atoms with Gasteiger partial charge in [-0.25, -0.2) is 0 Å². The van der Waals surface area contributed by atoms with Gasteiger partial charge in [0.05, 0.1) is 17.4 Å². The Balaban J connectivity index is 1.96. The van der Waals surface area contributed by atoms with E-state index in [0.29, 0.717) is 11.3 Å². The number of ketones is 1. The van der Waals surface area contributed by atoms with Gasteiger partial charge in [-0.15, -0.1) is 0 Å². The summed E-state index contributed by atoms with van der Waals surface area (Å²) >= 11 is 0. The molecule has 23 heavy (non-hydrogen) atoms. The third-order valence-electron chi connectivity index (χ3n) is 3.30. The Hall–Kier alpha value is -3.03. The summed E-state index contributed by atoms with van der Waals surface area (Å²) in [4.78, 5) is 33.4. The van der Waals surface area contributed by atoms with Crippen molar-refractivity contribution in [2.75, 3.05) is 5.32 Å². The third-order valence-corrected chi connectivity index (χ3v) is 3.30. The Bertz CT molecular complexity index is 736. The first-order valence-electron chi connectivity index (χ1n) is 6.95. The fourth-order valence-electron chi connectivity index (χ4n) is 1.96. The highest BCUT2D eigenvalue weighted by molar-refractivity contribution is 5.96. The number of carbonyl (C=O) groups excluding carboxylic acids is 2. The SMILES string of the molecule is CC(=O)c1ccc(NC(=O)C(C)Cn2cc([N+](=O)[O-])cn2)cc1. The summed E-state index contributed by atoms with van der Waals surface area (Å²) in [5.74, 6) is -0.711. The molecule has 1 aromatic carbocycles. The van der Waals surface area contributed by atoms with E-state index in [4.69, 9.17) is 0 Å². The molecule has 8 heteroatoms. The number of Topliss-reactive ketones (excluding diaryl/α,β-unsaturated/α-hetero) is 1. The average Bonchev–Trinajstić information content (AvgIpc) is 2.96. The van der Waals surface area contributed by atoms with Gasteiger partial charge in [-0.05, 0) is 31.2 Å². The van der Waals surface area contributed by atoms with Gasteiger partial charge in [0.2, 0.25) is 5.91 Å². The lowest BCUT2D eigenvalue weighted by Gasteiger charge is -2.12. The zero-order valence-electron chi connectivity index (χ0n) is 12.7. The second kappa shape index (κ2) is 6.82. The first-order chi connectivity index (χ1) is 10.9. The second-order valence-electron chi connectivity index (χ2n) is 5.20. The van der Waals surface area contributed by atoms with Crippen molar-refractivity contribution in [1.29, 1.82) is 0 Å². The lowest BCUT2D eigenvalue weighted by Crippen LogP contribution is -2.24. The number of carbonyl (C=O) groups is 2. The maximum Gasteiger partial charge on any atom is 0.306 e. The van der Waals surface area contributed by atoms with Crippen LogP contribution in [0.15, 0.2) is 36.7 Å². The number of hydrogen-bond donors (Lipinski definition) is 1. The first kappa shape index (κ1) is 16.3. The topological polar surface area (TPSA) is 107 Å². The molecule has 120 valence electrons. The summed E-state index contributed by atoms with van der Waals surface area (Å²) in [6, 6.07) is 6.58. The predicted octanol–water partition coefficient (Wildman–Crippen LogP) is 2.27.